The highest BCUT2D eigenvalue weighted by Crippen LogP contribution is 2.34. The number of nitrogens with one attached hydrogen (secondary N) is 2. The molecule has 0 saturated carbocycles. The molecule has 0 saturated heterocycles. The van der Waals surface area contributed by atoms with Gasteiger partial charge in [-0.05, 0) is 24.3 Å². The van der Waals surface area contributed by atoms with Crippen LogP contribution in [0.1, 0.15) is 11.3 Å². The number of halogens is 3. The van der Waals surface area contributed by atoms with E-state index in [2.05, 4.69) is 25.6 Å². The lowest BCUT2D eigenvalue weighted by molar-refractivity contribution is -0.137. The van der Waals surface area contributed by atoms with Crippen LogP contribution in [0.3, 0.4) is 0 Å². The molecule has 8 nitrogen and oxygen atoms in total. The fourth-order valence-corrected chi connectivity index (χ4v) is 3.16. The number of alkyl halides is 3. The Labute approximate surface area is 177 Å². The topological polar surface area (TPSA) is 100 Å². The predicted octanol–water partition coefficient (Wildman–Crippen LogP) is 3.64. The number of hydrogen-bond acceptors (Lipinski definition) is 7. The molecular weight excluding hydrogens is 433 g/mol. The Morgan fingerprint density at radius 3 is 2.42 bits per heavy atom. The Bertz CT molecular complexity index is 1160. The van der Waals surface area contributed by atoms with Crippen molar-refractivity contribution in [1.82, 2.24) is 15.0 Å². The molecule has 3 rings (SSSR count). The minimum atomic E-state index is -4.69. The molecular formula is C19H19F3N6O2S. The zero-order valence-corrected chi connectivity index (χ0v) is 17.4. The van der Waals surface area contributed by atoms with Crippen LogP contribution in [0, 0.1) is 0 Å². The van der Waals surface area contributed by atoms with Gasteiger partial charge in [-0.2, -0.15) is 18.2 Å². The van der Waals surface area contributed by atoms with Crippen LogP contribution in [-0.2, 0) is 22.7 Å². The Hall–Kier alpha value is -3.41. The van der Waals surface area contributed by atoms with E-state index in [-0.39, 0.29) is 23.9 Å². The van der Waals surface area contributed by atoms with Crippen LogP contribution in [0.25, 0.3) is 0 Å². The second kappa shape index (κ2) is 8.76. The highest BCUT2D eigenvalue weighted by molar-refractivity contribution is 7.92. The van der Waals surface area contributed by atoms with Crippen molar-refractivity contribution in [1.29, 1.82) is 0 Å². The van der Waals surface area contributed by atoms with Crippen molar-refractivity contribution in [2.75, 3.05) is 28.2 Å². The van der Waals surface area contributed by atoms with Crippen molar-refractivity contribution in [3.8, 4) is 0 Å². The molecule has 3 aromatic rings. The molecule has 0 aliphatic heterocycles. The number of pyridine rings is 1. The predicted molar refractivity (Wildman–Crippen MR) is 112 cm³/mol. The normalized spacial score (nSPS) is 11.8. The maximum atomic E-state index is 13.5. The summed E-state index contributed by atoms with van der Waals surface area (Å²) in [6, 6.07) is 11.8. The summed E-state index contributed by atoms with van der Waals surface area (Å²) < 4.78 is 65.1. The quantitative estimate of drug-likeness (QED) is 0.565. The molecule has 2 heterocycles. The first kappa shape index (κ1) is 22.3. The summed E-state index contributed by atoms with van der Waals surface area (Å²) >= 11 is 0. The molecule has 2 N–H and O–H groups in total. The van der Waals surface area contributed by atoms with E-state index in [1.54, 1.807) is 30.3 Å². The SMILES string of the molecule is CN(c1cccnc1CNc1nc(Nc2ccccc2)ncc1C(F)(F)F)S(C)(=O)=O. The van der Waals surface area contributed by atoms with Crippen LogP contribution < -0.4 is 14.9 Å². The van der Waals surface area contributed by atoms with Crippen LogP contribution >= 0.6 is 0 Å². The Balaban J connectivity index is 1.91. The molecule has 0 unspecified atom stereocenters. The summed E-state index contributed by atoms with van der Waals surface area (Å²) in [5.41, 5.74) is 0.0255. The average molecular weight is 452 g/mol. The highest BCUT2D eigenvalue weighted by atomic mass is 32.2. The van der Waals surface area contributed by atoms with Crippen LogP contribution in [-0.4, -0.2) is 36.7 Å². The fraction of sp³-hybridized carbons (Fsp3) is 0.211. The van der Waals surface area contributed by atoms with Gasteiger partial charge in [0.25, 0.3) is 0 Å². The van der Waals surface area contributed by atoms with Crippen molar-refractivity contribution in [3.05, 3.63) is 66.1 Å². The number of anilines is 4. The molecule has 0 bridgehead atoms. The molecule has 2 aromatic heterocycles. The lowest BCUT2D eigenvalue weighted by Gasteiger charge is -2.20. The smallest absolute Gasteiger partial charge is 0.364 e. The van der Waals surface area contributed by atoms with E-state index in [1.807, 2.05) is 0 Å². The van der Waals surface area contributed by atoms with Crippen LogP contribution in [0.4, 0.5) is 36.3 Å². The average Bonchev–Trinajstić information content (AvgIpc) is 2.71. The minimum Gasteiger partial charge on any atom is -0.364 e. The second-order valence-corrected chi connectivity index (χ2v) is 8.51. The monoisotopic (exact) mass is 452 g/mol. The lowest BCUT2D eigenvalue weighted by atomic mass is 10.2. The number of benzene rings is 1. The molecule has 0 fully saturated rings. The summed E-state index contributed by atoms with van der Waals surface area (Å²) in [5.74, 6) is -0.490. The van der Waals surface area contributed by atoms with Gasteiger partial charge in [0.1, 0.15) is 11.4 Å². The fourth-order valence-electron chi connectivity index (χ4n) is 2.63. The zero-order valence-electron chi connectivity index (χ0n) is 16.6. The third kappa shape index (κ3) is 5.60. The summed E-state index contributed by atoms with van der Waals surface area (Å²) in [6.07, 6.45) is -1.57. The second-order valence-electron chi connectivity index (χ2n) is 6.50. The maximum Gasteiger partial charge on any atom is 0.421 e. The van der Waals surface area contributed by atoms with E-state index in [9.17, 15) is 21.6 Å². The standard InChI is InChI=1S/C19H19F3N6O2S/c1-28(31(2,29)30)16-9-6-10-23-15(16)12-24-17-14(19(20,21)22)11-25-18(27-17)26-13-7-4-3-5-8-13/h3-11H,12H2,1-2H3,(H2,24,25,26,27). The Morgan fingerprint density at radius 1 is 1.06 bits per heavy atom. The van der Waals surface area contributed by atoms with Gasteiger partial charge in [-0.3, -0.25) is 9.29 Å². The molecule has 0 atom stereocenters. The van der Waals surface area contributed by atoms with Crippen molar-refractivity contribution < 1.29 is 21.6 Å². The summed E-state index contributed by atoms with van der Waals surface area (Å²) in [7, 11) is -2.25. The summed E-state index contributed by atoms with van der Waals surface area (Å²) in [6.45, 7) is -0.194. The molecule has 0 spiro atoms. The lowest BCUT2D eigenvalue weighted by Crippen LogP contribution is -2.26. The molecule has 0 amide bonds. The van der Waals surface area contributed by atoms with Crippen molar-refractivity contribution >= 4 is 33.2 Å². The first-order valence-corrected chi connectivity index (χ1v) is 10.8. The first-order chi connectivity index (χ1) is 14.6. The number of sulfonamides is 1. The van der Waals surface area contributed by atoms with Gasteiger partial charge < -0.3 is 10.6 Å². The van der Waals surface area contributed by atoms with E-state index in [0.29, 0.717) is 11.9 Å². The minimum absolute atomic E-state index is 0.0313. The molecule has 0 aliphatic rings. The van der Waals surface area contributed by atoms with Crippen molar-refractivity contribution in [2.45, 2.75) is 12.7 Å². The van der Waals surface area contributed by atoms with E-state index in [1.165, 1.54) is 25.4 Å². The van der Waals surface area contributed by atoms with E-state index >= 15 is 0 Å². The van der Waals surface area contributed by atoms with Crippen molar-refractivity contribution in [2.24, 2.45) is 0 Å². The van der Waals surface area contributed by atoms with Gasteiger partial charge >= 0.3 is 6.18 Å². The van der Waals surface area contributed by atoms with Gasteiger partial charge in [-0.1, -0.05) is 18.2 Å². The van der Waals surface area contributed by atoms with Gasteiger partial charge in [-0.15, -0.1) is 0 Å². The molecule has 31 heavy (non-hydrogen) atoms. The van der Waals surface area contributed by atoms with Crippen LogP contribution in [0.2, 0.25) is 0 Å². The highest BCUT2D eigenvalue weighted by Gasteiger charge is 2.35. The van der Waals surface area contributed by atoms with Gasteiger partial charge in [0.05, 0.1) is 24.2 Å². The number of hydrogen-bond donors (Lipinski definition) is 2. The van der Waals surface area contributed by atoms with Crippen LogP contribution in [0.15, 0.2) is 54.9 Å². The third-order valence-corrected chi connectivity index (χ3v) is 5.44. The van der Waals surface area contributed by atoms with E-state index in [4.69, 9.17) is 0 Å². The zero-order chi connectivity index (χ0) is 22.6. The molecule has 12 heteroatoms. The van der Waals surface area contributed by atoms with E-state index < -0.39 is 27.6 Å². The van der Waals surface area contributed by atoms with Gasteiger partial charge in [0.2, 0.25) is 16.0 Å². The summed E-state index contributed by atoms with van der Waals surface area (Å²) in [4.78, 5) is 11.8. The first-order valence-electron chi connectivity index (χ1n) is 8.93. The number of rotatable bonds is 7. The van der Waals surface area contributed by atoms with Gasteiger partial charge in [-0.25, -0.2) is 13.4 Å². The van der Waals surface area contributed by atoms with Gasteiger partial charge in [0, 0.05) is 25.1 Å². The van der Waals surface area contributed by atoms with Crippen LogP contribution in [0.5, 0.6) is 0 Å². The molecule has 164 valence electrons. The molecule has 0 radical (unpaired) electrons. The number of aromatic nitrogens is 3. The number of nitrogens with zero attached hydrogens (tertiary/aromatic N) is 4. The largest absolute Gasteiger partial charge is 0.421 e. The van der Waals surface area contributed by atoms with Crippen molar-refractivity contribution in [3.63, 3.8) is 0 Å². The van der Waals surface area contributed by atoms with Gasteiger partial charge in [0.15, 0.2) is 0 Å². The Kier molecular flexibility index (Phi) is 6.29. The third-order valence-electron chi connectivity index (χ3n) is 4.25. The Morgan fingerprint density at radius 2 is 1.77 bits per heavy atom. The molecule has 0 aliphatic carbocycles. The maximum absolute atomic E-state index is 13.5. The number of para-hydroxylation sites is 1. The molecule has 1 aromatic carbocycles. The summed E-state index contributed by atoms with van der Waals surface area (Å²) in [5, 5.41) is 5.45. The van der Waals surface area contributed by atoms with E-state index in [0.717, 1.165) is 10.6 Å².